The summed E-state index contributed by atoms with van der Waals surface area (Å²) in [5.74, 6) is 0.495. The molecular weight excluding hydrogens is 403 g/mol. The summed E-state index contributed by atoms with van der Waals surface area (Å²) in [4.78, 5) is 4.28. The fourth-order valence-corrected chi connectivity index (χ4v) is 2.30. The third kappa shape index (κ3) is 3.25. The Labute approximate surface area is 130 Å². The van der Waals surface area contributed by atoms with Crippen molar-refractivity contribution in [3.05, 3.63) is 40.4 Å². The summed E-state index contributed by atoms with van der Waals surface area (Å²) < 4.78 is 43.4. The van der Waals surface area contributed by atoms with Gasteiger partial charge in [-0.25, -0.2) is 4.98 Å². The molecule has 2 aromatic rings. The van der Waals surface area contributed by atoms with Crippen LogP contribution in [0, 0.1) is 0 Å². The molecule has 1 unspecified atom stereocenters. The first-order valence-electron chi connectivity index (χ1n) is 5.81. The Morgan fingerprint density at radius 1 is 1.25 bits per heavy atom. The van der Waals surface area contributed by atoms with E-state index < -0.39 is 11.7 Å². The normalized spacial score (nSPS) is 13.5. The molecule has 108 valence electrons. The van der Waals surface area contributed by atoms with Gasteiger partial charge in [0.25, 0.3) is 0 Å². The average Bonchev–Trinajstić information content (AvgIpc) is 2.79. The van der Waals surface area contributed by atoms with E-state index in [2.05, 4.69) is 36.8 Å². The van der Waals surface area contributed by atoms with Gasteiger partial charge in [-0.05, 0) is 34.5 Å². The number of halogens is 5. The zero-order valence-corrected chi connectivity index (χ0v) is 13.5. The van der Waals surface area contributed by atoms with Crippen LogP contribution in [0.5, 0.6) is 0 Å². The van der Waals surface area contributed by atoms with Gasteiger partial charge in [-0.3, -0.25) is 0 Å². The summed E-state index contributed by atoms with van der Waals surface area (Å²) in [6.07, 6.45) is -3.55. The Bertz CT molecular complexity index is 593. The first-order valence-corrected chi connectivity index (χ1v) is 7.51. The van der Waals surface area contributed by atoms with E-state index in [9.17, 15) is 13.2 Å². The first kappa shape index (κ1) is 15.6. The lowest BCUT2D eigenvalue weighted by atomic mass is 10.1. The van der Waals surface area contributed by atoms with Gasteiger partial charge in [-0.1, -0.05) is 35.0 Å². The Morgan fingerprint density at radius 3 is 2.35 bits per heavy atom. The highest BCUT2D eigenvalue weighted by Crippen LogP contribution is 2.36. The highest BCUT2D eigenvalue weighted by molar-refractivity contribution is 9.10. The molecule has 2 nitrogen and oxygen atoms in total. The van der Waals surface area contributed by atoms with Gasteiger partial charge in [0.2, 0.25) is 5.89 Å². The molecule has 1 aromatic carbocycles. The highest BCUT2D eigenvalue weighted by atomic mass is 79.9. The van der Waals surface area contributed by atoms with E-state index >= 15 is 0 Å². The summed E-state index contributed by atoms with van der Waals surface area (Å²) in [6.45, 7) is 1.97. The number of hydrogen-bond donors (Lipinski definition) is 0. The molecular formula is C13H10Br2F3NO. The molecule has 0 bridgehead atoms. The number of rotatable bonds is 3. The lowest BCUT2D eigenvalue weighted by Gasteiger charge is -2.06. The Morgan fingerprint density at radius 2 is 1.85 bits per heavy atom. The maximum absolute atomic E-state index is 12.5. The summed E-state index contributed by atoms with van der Waals surface area (Å²) in [6, 6.07) is 4.82. The summed E-state index contributed by atoms with van der Waals surface area (Å²) in [7, 11) is 0. The zero-order chi connectivity index (χ0) is 14.9. The molecule has 0 N–H and O–H groups in total. The number of oxazole rings is 1. The summed E-state index contributed by atoms with van der Waals surface area (Å²) in [5, 5.41) is 0. The van der Waals surface area contributed by atoms with Gasteiger partial charge in [0.1, 0.15) is 5.69 Å². The fourth-order valence-electron chi connectivity index (χ4n) is 1.62. The van der Waals surface area contributed by atoms with Crippen LogP contribution in [0.2, 0.25) is 0 Å². The van der Waals surface area contributed by atoms with Crippen molar-refractivity contribution in [3.8, 4) is 11.3 Å². The standard InChI is InChI=1S/C13H10Br2F3NO/c1-2-9(14)12-19-10(11(15)20-12)7-3-5-8(6-4-7)13(16,17)18/h3-6,9H,2H2,1H3. The summed E-state index contributed by atoms with van der Waals surface area (Å²) >= 11 is 6.65. The second-order valence-corrected chi connectivity index (χ2v) is 5.95. The Kier molecular flexibility index (Phi) is 4.59. The molecule has 2 rings (SSSR count). The van der Waals surface area contributed by atoms with E-state index in [1.165, 1.54) is 12.1 Å². The van der Waals surface area contributed by atoms with Gasteiger partial charge < -0.3 is 4.42 Å². The molecule has 0 aliphatic rings. The van der Waals surface area contributed by atoms with Crippen LogP contribution in [0.1, 0.15) is 29.6 Å². The SMILES string of the molecule is CCC(Br)c1nc(-c2ccc(C(F)(F)F)cc2)c(Br)o1. The number of hydrogen-bond acceptors (Lipinski definition) is 2. The maximum atomic E-state index is 12.5. The molecule has 1 aromatic heterocycles. The second kappa shape index (κ2) is 5.89. The molecule has 0 saturated heterocycles. The van der Waals surface area contributed by atoms with Crippen molar-refractivity contribution in [2.45, 2.75) is 24.3 Å². The predicted molar refractivity (Wildman–Crippen MR) is 76.6 cm³/mol. The minimum atomic E-state index is -4.34. The van der Waals surface area contributed by atoms with Crippen molar-refractivity contribution in [2.24, 2.45) is 0 Å². The molecule has 0 spiro atoms. The van der Waals surface area contributed by atoms with Crippen LogP contribution in [0.4, 0.5) is 13.2 Å². The van der Waals surface area contributed by atoms with E-state index in [1.54, 1.807) is 0 Å². The predicted octanol–water partition coefficient (Wildman–Crippen LogP) is 5.97. The van der Waals surface area contributed by atoms with Gasteiger partial charge in [0.05, 0.1) is 10.4 Å². The molecule has 0 fully saturated rings. The molecule has 0 amide bonds. The van der Waals surface area contributed by atoms with Gasteiger partial charge in [-0.15, -0.1) is 0 Å². The molecule has 0 saturated carbocycles. The molecule has 0 radical (unpaired) electrons. The van der Waals surface area contributed by atoms with Crippen molar-refractivity contribution >= 4 is 31.9 Å². The number of nitrogens with zero attached hydrogens (tertiary/aromatic N) is 1. The highest BCUT2D eigenvalue weighted by Gasteiger charge is 2.30. The van der Waals surface area contributed by atoms with Crippen molar-refractivity contribution in [1.29, 1.82) is 0 Å². The smallest absolute Gasteiger partial charge is 0.416 e. The number of alkyl halides is 4. The largest absolute Gasteiger partial charge is 0.432 e. The number of benzene rings is 1. The van der Waals surface area contributed by atoms with Crippen molar-refractivity contribution in [3.63, 3.8) is 0 Å². The fraction of sp³-hybridized carbons (Fsp3) is 0.308. The van der Waals surface area contributed by atoms with Crippen LogP contribution in [0.25, 0.3) is 11.3 Å². The zero-order valence-electron chi connectivity index (χ0n) is 10.3. The van der Waals surface area contributed by atoms with Crippen molar-refractivity contribution < 1.29 is 17.6 Å². The van der Waals surface area contributed by atoms with Crippen LogP contribution < -0.4 is 0 Å². The Balaban J connectivity index is 2.35. The molecule has 7 heteroatoms. The molecule has 1 atom stereocenters. The van der Waals surface area contributed by atoms with Gasteiger partial charge in [-0.2, -0.15) is 13.2 Å². The van der Waals surface area contributed by atoms with E-state index in [-0.39, 0.29) is 4.83 Å². The average molecular weight is 413 g/mol. The van der Waals surface area contributed by atoms with Gasteiger partial charge >= 0.3 is 6.18 Å². The van der Waals surface area contributed by atoms with Crippen LogP contribution in [0.3, 0.4) is 0 Å². The molecule has 0 aliphatic heterocycles. The topological polar surface area (TPSA) is 26.0 Å². The Hall–Kier alpha value is -0.820. The monoisotopic (exact) mass is 411 g/mol. The molecule has 0 aliphatic carbocycles. The lowest BCUT2D eigenvalue weighted by molar-refractivity contribution is -0.137. The van der Waals surface area contributed by atoms with Gasteiger partial charge in [0, 0.05) is 5.56 Å². The lowest BCUT2D eigenvalue weighted by Crippen LogP contribution is -2.04. The third-order valence-corrected chi connectivity index (χ3v) is 4.29. The summed E-state index contributed by atoms with van der Waals surface area (Å²) in [5.41, 5.74) is 0.371. The minimum absolute atomic E-state index is 0.0259. The van der Waals surface area contributed by atoms with Crippen molar-refractivity contribution in [1.82, 2.24) is 4.98 Å². The van der Waals surface area contributed by atoms with Crippen LogP contribution in [-0.2, 0) is 6.18 Å². The second-order valence-electron chi connectivity index (χ2n) is 4.13. The van der Waals surface area contributed by atoms with E-state index in [0.29, 0.717) is 21.8 Å². The van der Waals surface area contributed by atoms with Crippen LogP contribution in [0.15, 0.2) is 33.4 Å². The van der Waals surface area contributed by atoms with Crippen molar-refractivity contribution in [2.75, 3.05) is 0 Å². The number of aromatic nitrogens is 1. The van der Waals surface area contributed by atoms with Gasteiger partial charge in [0.15, 0.2) is 4.67 Å². The molecule has 20 heavy (non-hydrogen) atoms. The maximum Gasteiger partial charge on any atom is 0.416 e. The van der Waals surface area contributed by atoms with E-state index in [0.717, 1.165) is 18.6 Å². The molecule has 1 heterocycles. The van der Waals surface area contributed by atoms with E-state index in [4.69, 9.17) is 4.42 Å². The van der Waals surface area contributed by atoms with Crippen LogP contribution >= 0.6 is 31.9 Å². The van der Waals surface area contributed by atoms with Crippen LogP contribution in [-0.4, -0.2) is 4.98 Å². The first-order chi connectivity index (χ1) is 9.32. The quantitative estimate of drug-likeness (QED) is 0.580. The third-order valence-electron chi connectivity index (χ3n) is 2.71. The minimum Gasteiger partial charge on any atom is -0.432 e. The van der Waals surface area contributed by atoms with E-state index in [1.807, 2.05) is 6.92 Å².